The number of carbonyl (C=O) groups is 2. The monoisotopic (exact) mass is 564 g/mol. The maximum atomic E-state index is 13.7. The van der Waals surface area contributed by atoms with Gasteiger partial charge in [0.05, 0.1) is 17.2 Å². The summed E-state index contributed by atoms with van der Waals surface area (Å²) < 4.78 is 47.0. The highest BCUT2D eigenvalue weighted by molar-refractivity contribution is 6.34. The summed E-state index contributed by atoms with van der Waals surface area (Å²) in [6.45, 7) is 4.01. The number of hydrogen-bond donors (Lipinski definition) is 0. The van der Waals surface area contributed by atoms with Gasteiger partial charge in [0.2, 0.25) is 5.91 Å². The van der Waals surface area contributed by atoms with Crippen molar-refractivity contribution in [3.63, 3.8) is 0 Å². The van der Waals surface area contributed by atoms with Crippen LogP contribution in [-0.4, -0.2) is 60.1 Å². The predicted molar refractivity (Wildman–Crippen MR) is 145 cm³/mol. The molecule has 2 saturated heterocycles. The van der Waals surface area contributed by atoms with Gasteiger partial charge in [0.15, 0.2) is 5.92 Å². The Labute approximate surface area is 233 Å². The Hall–Kier alpha value is -2.74. The third kappa shape index (κ3) is 7.47. The summed E-state index contributed by atoms with van der Waals surface area (Å²) in [6.07, 6.45) is 1.48. The van der Waals surface area contributed by atoms with Crippen molar-refractivity contribution in [3.05, 3.63) is 64.7 Å². The van der Waals surface area contributed by atoms with Crippen LogP contribution >= 0.6 is 11.6 Å². The lowest BCUT2D eigenvalue weighted by Gasteiger charge is -2.35. The van der Waals surface area contributed by atoms with Crippen molar-refractivity contribution in [3.8, 4) is 5.75 Å². The van der Waals surface area contributed by atoms with E-state index >= 15 is 0 Å². The summed E-state index contributed by atoms with van der Waals surface area (Å²) in [4.78, 5) is 28.8. The van der Waals surface area contributed by atoms with E-state index in [9.17, 15) is 22.8 Å². The van der Waals surface area contributed by atoms with E-state index in [4.69, 9.17) is 16.3 Å². The second kappa shape index (κ2) is 13.1. The minimum Gasteiger partial charge on any atom is -0.494 e. The third-order valence-electron chi connectivity index (χ3n) is 7.89. The van der Waals surface area contributed by atoms with Crippen molar-refractivity contribution >= 4 is 23.4 Å². The number of hydrogen-bond acceptors (Lipinski definition) is 3. The first-order chi connectivity index (χ1) is 18.6. The van der Waals surface area contributed by atoms with Crippen LogP contribution in [0.5, 0.6) is 5.75 Å². The van der Waals surface area contributed by atoms with Crippen LogP contribution in [0.15, 0.2) is 48.5 Å². The van der Waals surface area contributed by atoms with Crippen molar-refractivity contribution in [2.45, 2.75) is 70.0 Å². The number of halogens is 4. The second-order valence-electron chi connectivity index (χ2n) is 10.6. The van der Waals surface area contributed by atoms with E-state index in [0.717, 1.165) is 38.6 Å². The van der Waals surface area contributed by atoms with E-state index in [1.165, 1.54) is 29.2 Å². The van der Waals surface area contributed by atoms with Gasteiger partial charge in [-0.25, -0.2) is 0 Å². The molecule has 2 atom stereocenters. The van der Waals surface area contributed by atoms with Crippen LogP contribution in [0.4, 0.5) is 13.2 Å². The molecule has 0 aromatic heterocycles. The average molecular weight is 565 g/mol. The van der Waals surface area contributed by atoms with Crippen LogP contribution in [0.3, 0.4) is 0 Å². The Morgan fingerprint density at radius 1 is 1.03 bits per heavy atom. The van der Waals surface area contributed by atoms with Gasteiger partial charge in [0.25, 0.3) is 5.91 Å². The van der Waals surface area contributed by atoms with Crippen molar-refractivity contribution in [2.75, 3.05) is 26.2 Å². The molecule has 0 spiro atoms. The van der Waals surface area contributed by atoms with Gasteiger partial charge in [-0.3, -0.25) is 9.59 Å². The number of carbonyl (C=O) groups excluding carboxylic acids is 2. The average Bonchev–Trinajstić information content (AvgIpc) is 3.34. The van der Waals surface area contributed by atoms with E-state index in [2.05, 4.69) is 0 Å². The van der Waals surface area contributed by atoms with Crippen LogP contribution < -0.4 is 4.74 Å². The minimum atomic E-state index is -4.62. The van der Waals surface area contributed by atoms with E-state index in [1.807, 2.05) is 11.8 Å². The summed E-state index contributed by atoms with van der Waals surface area (Å²) in [6, 6.07) is 12.8. The number of piperidine rings is 1. The predicted octanol–water partition coefficient (Wildman–Crippen LogP) is 7.10. The lowest BCUT2D eigenvalue weighted by molar-refractivity contribution is -0.172. The van der Waals surface area contributed by atoms with Crippen LogP contribution in [-0.2, 0) is 4.79 Å². The molecule has 0 N–H and O–H groups in total. The molecule has 2 aromatic rings. The van der Waals surface area contributed by atoms with Gasteiger partial charge in [-0.1, -0.05) is 48.4 Å². The quantitative estimate of drug-likeness (QED) is 0.305. The van der Waals surface area contributed by atoms with E-state index in [0.29, 0.717) is 54.8 Å². The number of likely N-dealkylation sites (tertiary alicyclic amines) is 2. The molecule has 2 unspecified atom stereocenters. The first kappa shape index (κ1) is 29.2. The number of alkyl halides is 3. The zero-order valence-corrected chi connectivity index (χ0v) is 23.0. The number of rotatable bonds is 9. The number of amides is 2. The van der Waals surface area contributed by atoms with Crippen molar-refractivity contribution in [1.29, 1.82) is 0 Å². The Kier molecular flexibility index (Phi) is 9.81. The summed E-state index contributed by atoms with van der Waals surface area (Å²) in [5.74, 6) is -2.02. The summed E-state index contributed by atoms with van der Waals surface area (Å²) in [5, 5.41) is 0.387. The molecule has 212 valence electrons. The standard InChI is InChI=1S/C30H36ClF3N2O3/c1-21-8-7-16-36(21)28(37)25-13-12-24(20-26(25)31)39-19-6-5-9-22-14-17-35(18-15-22)29(38)27(30(32,33)34)23-10-3-2-4-11-23/h2-4,10-13,20-22,27H,5-9,14-19H2,1H3. The highest BCUT2D eigenvalue weighted by atomic mass is 35.5. The molecule has 0 saturated carbocycles. The second-order valence-corrected chi connectivity index (χ2v) is 11.0. The van der Waals surface area contributed by atoms with E-state index in [1.54, 1.807) is 24.3 Å². The normalized spacial score (nSPS) is 19.3. The molecule has 4 rings (SSSR count). The first-order valence-corrected chi connectivity index (χ1v) is 14.2. The summed E-state index contributed by atoms with van der Waals surface area (Å²) >= 11 is 6.39. The van der Waals surface area contributed by atoms with Crippen LogP contribution in [0.25, 0.3) is 0 Å². The van der Waals surface area contributed by atoms with Crippen LogP contribution in [0.1, 0.15) is 73.7 Å². The van der Waals surface area contributed by atoms with Crippen molar-refractivity contribution in [2.24, 2.45) is 5.92 Å². The van der Waals surface area contributed by atoms with Crippen LogP contribution in [0.2, 0.25) is 5.02 Å². The van der Waals surface area contributed by atoms with Gasteiger partial charge >= 0.3 is 6.18 Å². The molecule has 2 amide bonds. The first-order valence-electron chi connectivity index (χ1n) is 13.8. The zero-order valence-electron chi connectivity index (χ0n) is 22.3. The highest BCUT2D eigenvalue weighted by Gasteiger charge is 2.47. The molecule has 0 bridgehead atoms. The summed E-state index contributed by atoms with van der Waals surface area (Å²) in [5.41, 5.74) is 0.480. The molecule has 2 heterocycles. The summed E-state index contributed by atoms with van der Waals surface area (Å²) in [7, 11) is 0. The Bertz CT molecular complexity index is 1120. The zero-order chi connectivity index (χ0) is 28.0. The Balaban J connectivity index is 1.17. The lowest BCUT2D eigenvalue weighted by atomic mass is 9.90. The highest BCUT2D eigenvalue weighted by Crippen LogP contribution is 2.37. The van der Waals surface area contributed by atoms with Gasteiger partial charge in [0, 0.05) is 25.7 Å². The van der Waals surface area contributed by atoms with Gasteiger partial charge in [-0.2, -0.15) is 13.2 Å². The fourth-order valence-electron chi connectivity index (χ4n) is 5.62. The number of nitrogens with zero attached hydrogens (tertiary/aromatic N) is 2. The molecule has 9 heteroatoms. The molecule has 0 radical (unpaired) electrons. The molecular weight excluding hydrogens is 529 g/mol. The maximum Gasteiger partial charge on any atom is 0.404 e. The fraction of sp³-hybridized carbons (Fsp3) is 0.533. The maximum absolute atomic E-state index is 13.7. The fourth-order valence-corrected chi connectivity index (χ4v) is 5.87. The van der Waals surface area contributed by atoms with Crippen molar-refractivity contribution in [1.82, 2.24) is 9.80 Å². The van der Waals surface area contributed by atoms with Gasteiger partial charge in [-0.15, -0.1) is 0 Å². The minimum absolute atomic E-state index is 0.0131. The van der Waals surface area contributed by atoms with Crippen molar-refractivity contribution < 1.29 is 27.5 Å². The van der Waals surface area contributed by atoms with E-state index in [-0.39, 0.29) is 17.5 Å². The number of ether oxygens (including phenoxy) is 1. The largest absolute Gasteiger partial charge is 0.494 e. The molecule has 2 aliphatic rings. The third-order valence-corrected chi connectivity index (χ3v) is 8.21. The number of benzene rings is 2. The number of unbranched alkanes of at least 4 members (excludes halogenated alkanes) is 1. The van der Waals surface area contributed by atoms with Gasteiger partial charge in [-0.05, 0) is 75.1 Å². The molecule has 5 nitrogen and oxygen atoms in total. The molecular formula is C30H36ClF3N2O3. The van der Waals surface area contributed by atoms with Crippen LogP contribution in [0, 0.1) is 5.92 Å². The Morgan fingerprint density at radius 3 is 2.36 bits per heavy atom. The van der Waals surface area contributed by atoms with E-state index < -0.39 is 18.0 Å². The lowest BCUT2D eigenvalue weighted by Crippen LogP contribution is -2.44. The molecule has 2 fully saturated rings. The van der Waals surface area contributed by atoms with Gasteiger partial charge < -0.3 is 14.5 Å². The molecule has 2 aromatic carbocycles. The SMILES string of the molecule is CC1CCCN1C(=O)c1ccc(OCCCCC2CCN(C(=O)C(c3ccccc3)C(F)(F)F)CC2)cc1Cl. The smallest absolute Gasteiger partial charge is 0.404 e. The molecule has 2 aliphatic heterocycles. The topological polar surface area (TPSA) is 49.9 Å². The van der Waals surface area contributed by atoms with Gasteiger partial charge in [0.1, 0.15) is 5.75 Å². The Morgan fingerprint density at radius 2 is 1.74 bits per heavy atom. The molecule has 39 heavy (non-hydrogen) atoms. The molecule has 0 aliphatic carbocycles.